The summed E-state index contributed by atoms with van der Waals surface area (Å²) in [7, 11) is 0. The Morgan fingerprint density at radius 3 is 2.36 bits per heavy atom. The van der Waals surface area contributed by atoms with Crippen molar-refractivity contribution < 1.29 is 0 Å². The first-order chi connectivity index (χ1) is 5.26. The highest BCUT2D eigenvalue weighted by Crippen LogP contribution is 2.04. The van der Waals surface area contributed by atoms with Crippen molar-refractivity contribution in [1.82, 2.24) is 4.90 Å². The normalized spacial score (nSPS) is 13.9. The van der Waals surface area contributed by atoms with Crippen LogP contribution in [0.5, 0.6) is 0 Å². The molecule has 0 heterocycles. The highest BCUT2D eigenvalue weighted by molar-refractivity contribution is 9.09. The Morgan fingerprint density at radius 1 is 1.36 bits per heavy atom. The van der Waals surface area contributed by atoms with E-state index in [4.69, 9.17) is 0 Å². The van der Waals surface area contributed by atoms with Gasteiger partial charge in [-0.3, -0.25) is 0 Å². The van der Waals surface area contributed by atoms with Gasteiger partial charge in [-0.1, -0.05) is 29.8 Å². The van der Waals surface area contributed by atoms with Gasteiger partial charge in [-0.15, -0.1) is 0 Å². The van der Waals surface area contributed by atoms with E-state index in [1.807, 2.05) is 0 Å². The molecule has 0 fully saturated rings. The van der Waals surface area contributed by atoms with Crippen LogP contribution in [0.25, 0.3) is 0 Å². The quantitative estimate of drug-likeness (QED) is 0.624. The SMILES string of the molecule is CCC(C)N(CC)CCCBr. The fraction of sp³-hybridized carbons (Fsp3) is 1.00. The summed E-state index contributed by atoms with van der Waals surface area (Å²) in [5.74, 6) is 0. The highest BCUT2D eigenvalue weighted by Gasteiger charge is 2.07. The molecule has 2 heteroatoms. The molecule has 0 aromatic carbocycles. The van der Waals surface area contributed by atoms with E-state index in [9.17, 15) is 0 Å². The average molecular weight is 222 g/mol. The molecule has 0 bridgehead atoms. The van der Waals surface area contributed by atoms with E-state index in [0.717, 1.165) is 11.4 Å². The Morgan fingerprint density at radius 2 is 2.00 bits per heavy atom. The molecule has 0 aliphatic rings. The molecule has 0 aromatic heterocycles. The van der Waals surface area contributed by atoms with Gasteiger partial charge in [0.1, 0.15) is 0 Å². The van der Waals surface area contributed by atoms with Gasteiger partial charge < -0.3 is 4.90 Å². The Bertz CT molecular complexity index is 85.6. The third-order valence-corrected chi connectivity index (χ3v) is 2.76. The molecule has 0 aliphatic heterocycles. The molecular weight excluding hydrogens is 202 g/mol. The fourth-order valence-electron chi connectivity index (χ4n) is 1.21. The molecule has 1 unspecified atom stereocenters. The van der Waals surface area contributed by atoms with E-state index in [0.29, 0.717) is 0 Å². The lowest BCUT2D eigenvalue weighted by molar-refractivity contribution is 0.216. The van der Waals surface area contributed by atoms with Crippen LogP contribution in [-0.4, -0.2) is 29.4 Å². The summed E-state index contributed by atoms with van der Waals surface area (Å²) in [5, 5.41) is 1.12. The van der Waals surface area contributed by atoms with Gasteiger partial charge in [-0.2, -0.15) is 0 Å². The summed E-state index contributed by atoms with van der Waals surface area (Å²) in [4.78, 5) is 2.53. The lowest BCUT2D eigenvalue weighted by atomic mass is 10.2. The molecule has 11 heavy (non-hydrogen) atoms. The van der Waals surface area contributed by atoms with Crippen LogP contribution in [0.2, 0.25) is 0 Å². The largest absolute Gasteiger partial charge is 0.301 e. The van der Waals surface area contributed by atoms with Gasteiger partial charge >= 0.3 is 0 Å². The smallest absolute Gasteiger partial charge is 0.00641 e. The van der Waals surface area contributed by atoms with E-state index < -0.39 is 0 Å². The third kappa shape index (κ3) is 4.81. The van der Waals surface area contributed by atoms with Crippen molar-refractivity contribution in [3.05, 3.63) is 0 Å². The molecule has 68 valence electrons. The fourth-order valence-corrected chi connectivity index (χ4v) is 1.46. The second-order valence-electron chi connectivity index (χ2n) is 2.93. The average Bonchev–Trinajstić information content (AvgIpc) is 2.05. The summed E-state index contributed by atoms with van der Waals surface area (Å²) in [6.07, 6.45) is 2.52. The Kier molecular flexibility index (Phi) is 7.39. The third-order valence-electron chi connectivity index (χ3n) is 2.20. The van der Waals surface area contributed by atoms with Crippen molar-refractivity contribution >= 4 is 15.9 Å². The zero-order valence-corrected chi connectivity index (χ0v) is 9.52. The van der Waals surface area contributed by atoms with Crippen LogP contribution in [0.15, 0.2) is 0 Å². The first-order valence-electron chi connectivity index (χ1n) is 4.56. The van der Waals surface area contributed by atoms with Crippen LogP contribution in [0.3, 0.4) is 0 Å². The van der Waals surface area contributed by atoms with Crippen LogP contribution in [0, 0.1) is 0 Å². The first-order valence-corrected chi connectivity index (χ1v) is 5.68. The predicted molar refractivity (Wildman–Crippen MR) is 55.4 cm³/mol. The minimum absolute atomic E-state index is 0.749. The molecule has 0 amide bonds. The number of alkyl halides is 1. The Hall–Kier alpha value is 0.440. The summed E-state index contributed by atoms with van der Waals surface area (Å²) in [5.41, 5.74) is 0. The first kappa shape index (κ1) is 11.4. The van der Waals surface area contributed by atoms with Crippen molar-refractivity contribution in [1.29, 1.82) is 0 Å². The zero-order valence-electron chi connectivity index (χ0n) is 7.94. The summed E-state index contributed by atoms with van der Waals surface area (Å²) < 4.78 is 0. The lowest BCUT2D eigenvalue weighted by Crippen LogP contribution is -2.33. The van der Waals surface area contributed by atoms with Gasteiger partial charge in [0, 0.05) is 11.4 Å². The minimum Gasteiger partial charge on any atom is -0.301 e. The molecule has 0 aromatic rings. The molecule has 1 atom stereocenters. The van der Waals surface area contributed by atoms with E-state index in [1.54, 1.807) is 0 Å². The van der Waals surface area contributed by atoms with E-state index in [2.05, 4.69) is 41.6 Å². The van der Waals surface area contributed by atoms with Gasteiger partial charge in [0.25, 0.3) is 0 Å². The molecule has 0 spiro atoms. The molecule has 0 saturated carbocycles. The van der Waals surface area contributed by atoms with Crippen molar-refractivity contribution in [3.63, 3.8) is 0 Å². The van der Waals surface area contributed by atoms with Crippen molar-refractivity contribution in [2.75, 3.05) is 18.4 Å². The number of hydrogen-bond donors (Lipinski definition) is 0. The molecule has 0 rings (SSSR count). The van der Waals surface area contributed by atoms with Gasteiger partial charge in [0.15, 0.2) is 0 Å². The minimum atomic E-state index is 0.749. The number of rotatable bonds is 6. The standard InChI is InChI=1S/C9H20BrN/c1-4-9(3)11(5-2)8-6-7-10/h9H,4-8H2,1-3H3. The van der Waals surface area contributed by atoms with Gasteiger partial charge in [0.2, 0.25) is 0 Å². The number of nitrogens with zero attached hydrogens (tertiary/aromatic N) is 1. The van der Waals surface area contributed by atoms with Crippen molar-refractivity contribution in [2.45, 2.75) is 39.7 Å². The Balaban J connectivity index is 3.56. The topological polar surface area (TPSA) is 3.24 Å². The van der Waals surface area contributed by atoms with Crippen molar-refractivity contribution in [2.24, 2.45) is 0 Å². The van der Waals surface area contributed by atoms with E-state index >= 15 is 0 Å². The van der Waals surface area contributed by atoms with Crippen LogP contribution in [-0.2, 0) is 0 Å². The van der Waals surface area contributed by atoms with Gasteiger partial charge in [-0.25, -0.2) is 0 Å². The monoisotopic (exact) mass is 221 g/mol. The maximum atomic E-state index is 3.45. The molecule has 0 aliphatic carbocycles. The van der Waals surface area contributed by atoms with Crippen LogP contribution in [0.1, 0.15) is 33.6 Å². The summed E-state index contributed by atoms with van der Waals surface area (Å²) in [6, 6.07) is 0.749. The Labute approximate surface area is 79.3 Å². The second-order valence-corrected chi connectivity index (χ2v) is 3.72. The summed E-state index contributed by atoms with van der Waals surface area (Å²) in [6.45, 7) is 9.21. The van der Waals surface area contributed by atoms with Gasteiger partial charge in [-0.05, 0) is 32.9 Å². The lowest BCUT2D eigenvalue weighted by Gasteiger charge is -2.26. The molecule has 1 nitrogen and oxygen atoms in total. The van der Waals surface area contributed by atoms with Gasteiger partial charge in [0.05, 0.1) is 0 Å². The van der Waals surface area contributed by atoms with Crippen molar-refractivity contribution in [3.8, 4) is 0 Å². The maximum Gasteiger partial charge on any atom is 0.00641 e. The molecule has 0 radical (unpaired) electrons. The molecule has 0 saturated heterocycles. The van der Waals surface area contributed by atoms with Crippen LogP contribution < -0.4 is 0 Å². The van der Waals surface area contributed by atoms with Crippen LogP contribution >= 0.6 is 15.9 Å². The highest BCUT2D eigenvalue weighted by atomic mass is 79.9. The second kappa shape index (κ2) is 7.11. The molecular formula is C9H20BrN. The zero-order chi connectivity index (χ0) is 8.69. The van der Waals surface area contributed by atoms with Crippen LogP contribution in [0.4, 0.5) is 0 Å². The number of hydrogen-bond acceptors (Lipinski definition) is 1. The predicted octanol–water partition coefficient (Wildman–Crippen LogP) is 2.89. The van der Waals surface area contributed by atoms with E-state index in [-0.39, 0.29) is 0 Å². The maximum absolute atomic E-state index is 3.45. The molecule has 0 N–H and O–H groups in total. The summed E-state index contributed by atoms with van der Waals surface area (Å²) >= 11 is 3.45. The number of halogens is 1. The van der Waals surface area contributed by atoms with E-state index in [1.165, 1.54) is 25.9 Å².